The van der Waals surface area contributed by atoms with Gasteiger partial charge >= 0.3 is 6.03 Å². The van der Waals surface area contributed by atoms with E-state index >= 15 is 0 Å². The molecule has 26 heavy (non-hydrogen) atoms. The second-order valence-corrected chi connectivity index (χ2v) is 6.24. The number of carbonyl (C=O) groups excluding carboxylic acids is 1. The molecule has 0 atom stereocenters. The number of anilines is 1. The van der Waals surface area contributed by atoms with Gasteiger partial charge in [0.05, 0.1) is 0 Å². The molecule has 0 radical (unpaired) electrons. The number of nitrogens with one attached hydrogen (secondary N) is 2. The molecule has 0 heterocycles. The monoisotopic (exact) mass is 354 g/mol. The van der Waals surface area contributed by atoms with Gasteiger partial charge in [-0.2, -0.15) is 0 Å². The number of aryl methyl sites for hydroxylation is 2. The van der Waals surface area contributed by atoms with Crippen molar-refractivity contribution in [2.24, 2.45) is 5.84 Å². The summed E-state index contributed by atoms with van der Waals surface area (Å²) in [5.74, 6) is 6.24. The van der Waals surface area contributed by atoms with Gasteiger partial charge in [-0.15, -0.1) is 0 Å². The second kappa shape index (κ2) is 8.49. The van der Waals surface area contributed by atoms with Crippen LogP contribution in [-0.4, -0.2) is 23.8 Å². The first kappa shape index (κ1) is 19.5. The zero-order valence-corrected chi connectivity index (χ0v) is 15.7. The van der Waals surface area contributed by atoms with Crippen molar-refractivity contribution in [2.45, 2.75) is 33.8 Å². The van der Waals surface area contributed by atoms with Gasteiger partial charge in [-0.05, 0) is 61.2 Å². The summed E-state index contributed by atoms with van der Waals surface area (Å²) in [4.78, 5) is 11.9. The first-order valence-corrected chi connectivity index (χ1v) is 8.52. The standard InChI is InChI=1S/C20H26N4O2/c1-5-17(21)15-9-10-19(14(3)11-15)26-12-16-13(2)7-6-8-18(16)23-20(25)24(4)22/h6-11,21H,5,12,22H2,1-4H3,(H,23,25). The molecule has 0 spiro atoms. The Kier molecular flexibility index (Phi) is 6.36. The SMILES string of the molecule is CCC(=N)c1ccc(OCc2c(C)cccc2NC(=O)N(C)N)c(C)c1. The number of nitrogens with two attached hydrogens (primary N) is 1. The van der Waals surface area contributed by atoms with Gasteiger partial charge in [-0.3, -0.25) is 5.01 Å². The van der Waals surface area contributed by atoms with Gasteiger partial charge < -0.3 is 15.5 Å². The average molecular weight is 354 g/mol. The minimum absolute atomic E-state index is 0.321. The van der Waals surface area contributed by atoms with Gasteiger partial charge in [0.2, 0.25) is 0 Å². The Bertz CT molecular complexity index is 815. The fourth-order valence-electron chi connectivity index (χ4n) is 2.57. The maximum absolute atomic E-state index is 11.9. The summed E-state index contributed by atoms with van der Waals surface area (Å²) in [7, 11) is 1.49. The van der Waals surface area contributed by atoms with E-state index in [1.165, 1.54) is 7.05 Å². The molecule has 2 aromatic carbocycles. The second-order valence-electron chi connectivity index (χ2n) is 6.24. The minimum atomic E-state index is -0.393. The molecule has 2 rings (SSSR count). The van der Waals surface area contributed by atoms with Gasteiger partial charge in [0.25, 0.3) is 0 Å². The lowest BCUT2D eigenvalue weighted by Crippen LogP contribution is -2.37. The van der Waals surface area contributed by atoms with Crippen molar-refractivity contribution in [2.75, 3.05) is 12.4 Å². The maximum Gasteiger partial charge on any atom is 0.335 e. The van der Waals surface area contributed by atoms with Gasteiger partial charge in [-0.1, -0.05) is 19.1 Å². The number of nitrogens with zero attached hydrogens (tertiary/aromatic N) is 1. The van der Waals surface area contributed by atoms with Gasteiger partial charge in [0, 0.05) is 24.0 Å². The third kappa shape index (κ3) is 4.61. The van der Waals surface area contributed by atoms with Crippen LogP contribution in [0.2, 0.25) is 0 Å². The molecular weight excluding hydrogens is 328 g/mol. The van der Waals surface area contributed by atoms with Crippen LogP contribution in [0.25, 0.3) is 0 Å². The van der Waals surface area contributed by atoms with Crippen LogP contribution in [0.5, 0.6) is 5.75 Å². The molecule has 0 saturated carbocycles. The smallest absolute Gasteiger partial charge is 0.335 e. The number of amides is 2. The largest absolute Gasteiger partial charge is 0.489 e. The van der Waals surface area contributed by atoms with E-state index in [0.29, 0.717) is 24.4 Å². The molecule has 138 valence electrons. The molecule has 0 bridgehead atoms. The van der Waals surface area contributed by atoms with Crippen LogP contribution < -0.4 is 15.9 Å². The Labute approximate surface area is 154 Å². The Morgan fingerprint density at radius 1 is 1.23 bits per heavy atom. The number of ether oxygens (including phenoxy) is 1. The molecule has 6 nitrogen and oxygen atoms in total. The summed E-state index contributed by atoms with van der Waals surface area (Å²) in [6.45, 7) is 6.22. The molecule has 0 aliphatic rings. The minimum Gasteiger partial charge on any atom is -0.489 e. The molecule has 4 N–H and O–H groups in total. The van der Waals surface area contributed by atoms with E-state index in [9.17, 15) is 4.79 Å². The number of rotatable bonds is 6. The van der Waals surface area contributed by atoms with Crippen LogP contribution in [0.1, 0.15) is 35.6 Å². The Balaban J connectivity index is 2.19. The highest BCUT2D eigenvalue weighted by Crippen LogP contribution is 2.25. The number of benzene rings is 2. The molecule has 2 aromatic rings. The maximum atomic E-state index is 11.9. The van der Waals surface area contributed by atoms with Gasteiger partial charge in [-0.25, -0.2) is 10.6 Å². The van der Waals surface area contributed by atoms with Gasteiger partial charge in [0.15, 0.2) is 0 Å². The molecule has 0 unspecified atom stereocenters. The number of hydrogen-bond acceptors (Lipinski definition) is 4. The molecule has 0 aliphatic heterocycles. The van der Waals surface area contributed by atoms with Crippen LogP contribution in [0.4, 0.5) is 10.5 Å². The number of carbonyl (C=O) groups is 1. The normalized spacial score (nSPS) is 10.3. The van der Waals surface area contributed by atoms with E-state index < -0.39 is 6.03 Å². The Morgan fingerprint density at radius 3 is 2.58 bits per heavy atom. The van der Waals surface area contributed by atoms with E-state index in [2.05, 4.69) is 5.32 Å². The highest BCUT2D eigenvalue weighted by molar-refractivity contribution is 5.98. The number of urea groups is 1. The fourth-order valence-corrected chi connectivity index (χ4v) is 2.57. The van der Waals surface area contributed by atoms with Crippen LogP contribution in [0.3, 0.4) is 0 Å². The van der Waals surface area contributed by atoms with E-state index in [0.717, 1.165) is 33.0 Å². The Hall–Kier alpha value is -2.86. The number of hydrazine groups is 1. The molecule has 0 saturated heterocycles. The zero-order valence-electron chi connectivity index (χ0n) is 15.7. The summed E-state index contributed by atoms with van der Waals surface area (Å²) in [6.07, 6.45) is 0.696. The van der Waals surface area contributed by atoms with Crippen LogP contribution in [0.15, 0.2) is 36.4 Å². The van der Waals surface area contributed by atoms with Crippen molar-refractivity contribution in [3.8, 4) is 5.75 Å². The average Bonchev–Trinajstić information content (AvgIpc) is 2.61. The summed E-state index contributed by atoms with van der Waals surface area (Å²) in [6, 6.07) is 11.0. The molecule has 0 fully saturated rings. The van der Waals surface area contributed by atoms with E-state index in [1.54, 1.807) is 0 Å². The highest BCUT2D eigenvalue weighted by atomic mass is 16.5. The lowest BCUT2D eigenvalue weighted by molar-refractivity contribution is 0.223. The molecule has 2 amide bonds. The van der Waals surface area contributed by atoms with Crippen LogP contribution in [-0.2, 0) is 6.61 Å². The van der Waals surface area contributed by atoms with E-state index in [-0.39, 0.29) is 0 Å². The summed E-state index contributed by atoms with van der Waals surface area (Å²) < 4.78 is 5.99. The van der Waals surface area contributed by atoms with Crippen molar-refractivity contribution in [3.63, 3.8) is 0 Å². The lowest BCUT2D eigenvalue weighted by Gasteiger charge is -2.18. The van der Waals surface area contributed by atoms with Crippen LogP contribution in [0, 0.1) is 19.3 Å². The first-order valence-electron chi connectivity index (χ1n) is 8.52. The third-order valence-electron chi connectivity index (χ3n) is 4.22. The van der Waals surface area contributed by atoms with Crippen molar-refractivity contribution in [3.05, 3.63) is 58.7 Å². The third-order valence-corrected chi connectivity index (χ3v) is 4.22. The topological polar surface area (TPSA) is 91.4 Å². The predicted molar refractivity (Wildman–Crippen MR) is 105 cm³/mol. The van der Waals surface area contributed by atoms with Crippen molar-refractivity contribution >= 4 is 17.4 Å². The summed E-state index contributed by atoms with van der Waals surface area (Å²) in [5, 5.41) is 11.7. The molecular formula is C20H26N4O2. The molecule has 0 aliphatic carbocycles. The quantitative estimate of drug-likeness (QED) is 0.317. The fraction of sp³-hybridized carbons (Fsp3) is 0.300. The first-order chi connectivity index (χ1) is 12.3. The Morgan fingerprint density at radius 2 is 1.96 bits per heavy atom. The zero-order chi connectivity index (χ0) is 19.3. The van der Waals surface area contributed by atoms with Crippen LogP contribution >= 0.6 is 0 Å². The summed E-state index contributed by atoms with van der Waals surface area (Å²) >= 11 is 0. The van der Waals surface area contributed by atoms with Crippen molar-refractivity contribution in [1.29, 1.82) is 5.41 Å². The molecule has 0 aromatic heterocycles. The molecule has 6 heteroatoms. The lowest BCUT2D eigenvalue weighted by atomic mass is 10.0. The van der Waals surface area contributed by atoms with Crippen molar-refractivity contribution in [1.82, 2.24) is 5.01 Å². The van der Waals surface area contributed by atoms with E-state index in [1.807, 2.05) is 57.2 Å². The highest BCUT2D eigenvalue weighted by Gasteiger charge is 2.12. The van der Waals surface area contributed by atoms with Gasteiger partial charge in [0.1, 0.15) is 12.4 Å². The van der Waals surface area contributed by atoms with E-state index in [4.69, 9.17) is 16.0 Å². The van der Waals surface area contributed by atoms with Crippen molar-refractivity contribution < 1.29 is 9.53 Å². The predicted octanol–water partition coefficient (Wildman–Crippen LogP) is 4.00. The summed E-state index contributed by atoms with van der Waals surface area (Å²) in [5.41, 5.74) is 5.08. The number of hydrogen-bond donors (Lipinski definition) is 3.